The van der Waals surface area contributed by atoms with Crippen LogP contribution in [0.5, 0.6) is 0 Å². The van der Waals surface area contributed by atoms with Gasteiger partial charge in [-0.1, -0.05) is 129 Å². The van der Waals surface area contributed by atoms with Gasteiger partial charge in [0.05, 0.1) is 5.95 Å². The Hall–Kier alpha value is -5.74. The molecule has 4 aliphatic carbocycles. The molecule has 0 spiro atoms. The molecule has 0 bridgehead atoms. The van der Waals surface area contributed by atoms with Gasteiger partial charge in [0, 0.05) is 48.2 Å². The van der Waals surface area contributed by atoms with Crippen molar-refractivity contribution in [2.75, 3.05) is 13.2 Å². The Balaban J connectivity index is 0.000000209. The van der Waals surface area contributed by atoms with Crippen LogP contribution in [0.2, 0.25) is 6.82 Å². The van der Waals surface area contributed by atoms with Crippen LogP contribution in [0.1, 0.15) is 51.7 Å². The molecule has 20 heteroatoms. The molecule has 0 atom stereocenters. The van der Waals surface area contributed by atoms with E-state index in [2.05, 4.69) is 135 Å². The van der Waals surface area contributed by atoms with Gasteiger partial charge in [-0.25, -0.2) is 65.9 Å². The van der Waals surface area contributed by atoms with Crippen LogP contribution in [0.3, 0.4) is 0 Å². The van der Waals surface area contributed by atoms with Crippen molar-refractivity contribution in [2.45, 2.75) is 58.9 Å². The number of allylic oxidation sites excluding steroid dienone is 9. The molecule has 418 valence electrons. The normalized spacial score (nSPS) is 16.5. The number of hydrogen-bond acceptors (Lipinski definition) is 3. The maximum atomic E-state index is 14.6. The van der Waals surface area contributed by atoms with Crippen molar-refractivity contribution in [2.24, 2.45) is 0 Å². The molecule has 5 aromatic rings. The van der Waals surface area contributed by atoms with Crippen LogP contribution < -0.4 is 21.5 Å². The second kappa shape index (κ2) is 27.1. The third-order valence-electron chi connectivity index (χ3n) is 13.6. The minimum absolute atomic E-state index is 0. The van der Waals surface area contributed by atoms with E-state index in [0.29, 0.717) is 5.57 Å². The van der Waals surface area contributed by atoms with Gasteiger partial charge in [-0.3, -0.25) is 0 Å². The predicted octanol–water partition coefficient (Wildman–Crippen LogP) is 13.2. The molecule has 1 aliphatic heterocycles. The quantitative estimate of drug-likeness (QED) is 0.0486. The number of hydrogen-bond donors (Lipinski definition) is 0. The molecule has 0 aromatic heterocycles. The summed E-state index contributed by atoms with van der Waals surface area (Å²) >= 11 is 0. The third-order valence-corrected chi connectivity index (χ3v) is 13.6. The zero-order chi connectivity index (χ0) is 58.5. The maximum absolute atomic E-state index is 14.6. The van der Waals surface area contributed by atoms with E-state index in [-0.39, 0.29) is 45.1 Å². The summed E-state index contributed by atoms with van der Waals surface area (Å²) in [6.45, 7) is 8.94. The van der Waals surface area contributed by atoms with E-state index in [0.717, 1.165) is 13.2 Å². The van der Waals surface area contributed by atoms with Crippen molar-refractivity contribution in [3.63, 3.8) is 0 Å². The second-order valence-corrected chi connectivity index (χ2v) is 19.1. The van der Waals surface area contributed by atoms with Crippen LogP contribution in [0.15, 0.2) is 121 Å². The Labute approximate surface area is 479 Å². The average molecular weight is 1210 g/mol. The average Bonchev–Trinajstić information content (AvgIpc) is 4.44. The topological polar surface area (TPSA) is 41.5 Å². The fourth-order valence-corrected chi connectivity index (χ4v) is 10.0. The molecule has 3 fully saturated rings. The van der Waals surface area contributed by atoms with Gasteiger partial charge in [-0.05, 0) is 75.5 Å². The molecule has 5 aliphatic rings. The van der Waals surface area contributed by atoms with Crippen molar-refractivity contribution in [3.05, 3.63) is 280 Å². The molecule has 81 heavy (non-hydrogen) atoms. The predicted molar refractivity (Wildman–Crippen MR) is 271 cm³/mol. The Kier molecular flexibility index (Phi) is 21.6. The molecule has 5 aromatic carbocycles. The Morgan fingerprint density at radius 3 is 1.04 bits per heavy atom. The zero-order valence-electron chi connectivity index (χ0n) is 43.6. The van der Waals surface area contributed by atoms with Crippen LogP contribution >= 0.6 is 0 Å². The molecule has 0 amide bonds. The van der Waals surface area contributed by atoms with Gasteiger partial charge in [0.25, 0.3) is 0 Å². The molecular formula is C61H46BF15O3Zr+2. The van der Waals surface area contributed by atoms with Crippen LogP contribution in [-0.4, -0.2) is 25.5 Å². The van der Waals surface area contributed by atoms with Crippen molar-refractivity contribution in [3.8, 4) is 0 Å². The molecule has 3 nitrogen and oxygen atoms in total. The van der Waals surface area contributed by atoms with Crippen molar-refractivity contribution >= 4 is 22.5 Å². The summed E-state index contributed by atoms with van der Waals surface area (Å²) in [5, 5.41) is 10.7. The molecule has 1 heterocycles. The minimum Gasteiger partial charge on any atom is -0.611 e. The van der Waals surface area contributed by atoms with E-state index in [9.17, 15) is 71.0 Å². The van der Waals surface area contributed by atoms with Gasteiger partial charge >= 0.3 is 26.2 Å². The van der Waals surface area contributed by atoms with Gasteiger partial charge in [-0.15, -0.1) is 16.4 Å². The van der Waals surface area contributed by atoms with E-state index in [4.69, 9.17) is 9.47 Å². The standard InChI is InChI=1S/C31H22.C19H3BF15.C7H14O2.C4H8O.Zr/c1-3-13-23(14-4-1)31(25-17-7-8-18-25,24-15-5-2-6-16-24)30-28-21-11-9-19-26(28)27-20-10-12-22-29(27)30;1-20(2-5(21)11(27)17(33)12(28)6(2)22,3-7(23)13(29)18(34)14(30)8(3)24)4-9(25)15(31)19(35)16(32)10(4)26;1-5(2)7(8)9-6(3)4;1-2-4-5-3-1;/h1-22H;1H3;6,8H,1-4H3;1-4H2;/q;-1;;;+4/p-1. The monoisotopic (exact) mass is 1210 g/mol. The number of rotatable bonds is 9. The first-order valence-corrected chi connectivity index (χ1v) is 24.7. The third kappa shape index (κ3) is 12.2. The summed E-state index contributed by atoms with van der Waals surface area (Å²) in [6.07, 6.45) is 23.7. The largest absolute Gasteiger partial charge is 4.00 e. The number of fused-ring (bicyclic) bond motifs is 3. The van der Waals surface area contributed by atoms with Crippen molar-refractivity contribution < 1.29 is 107 Å². The fraction of sp³-hybridized carbons (Fsp3) is 0.180. The summed E-state index contributed by atoms with van der Waals surface area (Å²) in [5.41, 5.74) is -5.03. The summed E-state index contributed by atoms with van der Waals surface area (Å²) in [7, 11) is 0. The van der Waals surface area contributed by atoms with E-state index < -0.39 is 115 Å². The van der Waals surface area contributed by atoms with E-state index >= 15 is 0 Å². The molecule has 0 N–H and O–H groups in total. The van der Waals surface area contributed by atoms with E-state index in [1.165, 1.54) is 59.5 Å². The second-order valence-electron chi connectivity index (χ2n) is 19.1. The van der Waals surface area contributed by atoms with Gasteiger partial charge in [-0.2, -0.15) is 6.82 Å². The van der Waals surface area contributed by atoms with Gasteiger partial charge in [0.2, 0.25) is 0 Å². The molecule has 10 rings (SSSR count). The fourth-order valence-electron chi connectivity index (χ4n) is 10.0. The Morgan fingerprint density at radius 2 is 0.778 bits per heavy atom. The zero-order valence-corrected chi connectivity index (χ0v) is 46.0. The number of ether oxygens (including phenoxy) is 2. The summed E-state index contributed by atoms with van der Waals surface area (Å²) in [5.74, 6) is -37.3. The van der Waals surface area contributed by atoms with E-state index in [1.807, 2.05) is 13.8 Å². The maximum Gasteiger partial charge on any atom is 4.00 e. The van der Waals surface area contributed by atoms with E-state index in [1.54, 1.807) is 13.8 Å². The Bertz CT molecular complexity index is 2870. The molecule has 1 saturated heterocycles. The molecule has 0 unspecified atom stereocenters. The van der Waals surface area contributed by atoms with Crippen molar-refractivity contribution in [1.29, 1.82) is 0 Å². The first kappa shape index (κ1) is 64.4. The van der Waals surface area contributed by atoms with Gasteiger partial charge < -0.3 is 14.6 Å². The SMILES string of the molecule is C1CCOC1.CC(C)=C([O-])OC(C)C.C[B-](c1c(F)c(F)c(F)c(F)c1F)(c1c(F)c(F)c(F)c(F)c1F)c1c(F)c(F)c(F)c(F)c1F.[CH]1[CH][CH][C](C([C]2[C]3C=CC=C[C]3[C]3C=CC=C[C]32)(c2ccccc2)c2ccccc2)[CH]1.[Zr+4]. The van der Waals surface area contributed by atoms with Crippen LogP contribution in [0.4, 0.5) is 65.9 Å². The van der Waals surface area contributed by atoms with Crippen LogP contribution in [0.25, 0.3) is 0 Å². The number of halogens is 15. The number of benzene rings is 5. The van der Waals surface area contributed by atoms with Crippen molar-refractivity contribution in [1.82, 2.24) is 0 Å². The first-order chi connectivity index (χ1) is 38.0. The molecule has 10 radical (unpaired) electrons. The first-order valence-electron chi connectivity index (χ1n) is 24.7. The molecule has 2 saturated carbocycles. The molecular weight excluding hydrogens is 1170 g/mol. The van der Waals surface area contributed by atoms with Gasteiger partial charge in [0.1, 0.15) is 41.0 Å². The summed E-state index contributed by atoms with van der Waals surface area (Å²) in [4.78, 5) is 0. The van der Waals surface area contributed by atoms with Crippen LogP contribution in [-0.2, 0) is 41.1 Å². The minimum atomic E-state index is -5.41. The smallest absolute Gasteiger partial charge is 0.611 e. The Morgan fingerprint density at radius 1 is 0.481 bits per heavy atom. The summed E-state index contributed by atoms with van der Waals surface area (Å²) < 4.78 is 221. The van der Waals surface area contributed by atoms with Crippen LogP contribution in [0, 0.1) is 148 Å². The van der Waals surface area contributed by atoms with Gasteiger partial charge in [0.15, 0.2) is 52.4 Å². The summed E-state index contributed by atoms with van der Waals surface area (Å²) in [6, 6.07) is 21.9.